The maximum atomic E-state index is 3.62. The minimum Gasteiger partial charge on any atom is -0.311 e. The van der Waals surface area contributed by atoms with E-state index in [2.05, 4.69) is 41.0 Å². The highest BCUT2D eigenvalue weighted by molar-refractivity contribution is 7.99. The normalized spacial score (nSPS) is 29.8. The van der Waals surface area contributed by atoms with Crippen molar-refractivity contribution in [3.8, 4) is 0 Å². The van der Waals surface area contributed by atoms with Crippen LogP contribution in [0.2, 0.25) is 0 Å². The van der Waals surface area contributed by atoms with E-state index in [1.807, 2.05) is 0 Å². The zero-order chi connectivity index (χ0) is 11.4. The molecular formula is C12H25N3S. The molecule has 0 bridgehead atoms. The largest absolute Gasteiger partial charge is 0.311 e. The van der Waals surface area contributed by atoms with Gasteiger partial charge in [0.05, 0.1) is 0 Å². The van der Waals surface area contributed by atoms with Crippen LogP contribution in [-0.4, -0.2) is 73.7 Å². The Morgan fingerprint density at radius 1 is 1.38 bits per heavy atom. The van der Waals surface area contributed by atoms with Gasteiger partial charge in [-0.25, -0.2) is 0 Å². The average Bonchev–Trinajstić information content (AvgIpc) is 2.31. The SMILES string of the molecule is CN1CCC(N(C)CC2CSCCN2)CC1. The topological polar surface area (TPSA) is 18.5 Å². The number of rotatable bonds is 3. The highest BCUT2D eigenvalue weighted by Gasteiger charge is 2.23. The van der Waals surface area contributed by atoms with Gasteiger partial charge in [0.1, 0.15) is 0 Å². The van der Waals surface area contributed by atoms with Gasteiger partial charge in [-0.2, -0.15) is 11.8 Å². The summed E-state index contributed by atoms with van der Waals surface area (Å²) < 4.78 is 0. The van der Waals surface area contributed by atoms with E-state index in [1.54, 1.807) is 0 Å². The van der Waals surface area contributed by atoms with Gasteiger partial charge in [0.15, 0.2) is 0 Å². The second-order valence-electron chi connectivity index (χ2n) is 5.20. The molecule has 0 aliphatic carbocycles. The number of hydrogen-bond donors (Lipinski definition) is 1. The van der Waals surface area contributed by atoms with Crippen LogP contribution in [0.5, 0.6) is 0 Å². The Morgan fingerprint density at radius 2 is 2.12 bits per heavy atom. The number of hydrogen-bond acceptors (Lipinski definition) is 4. The molecule has 1 atom stereocenters. The standard InChI is InChI=1S/C12H25N3S/c1-14-6-3-12(4-7-14)15(2)9-11-10-16-8-5-13-11/h11-13H,3-10H2,1-2H3. The lowest BCUT2D eigenvalue weighted by atomic mass is 10.0. The van der Waals surface area contributed by atoms with Crippen LogP contribution in [0.4, 0.5) is 0 Å². The summed E-state index contributed by atoms with van der Waals surface area (Å²) in [7, 11) is 4.53. The van der Waals surface area contributed by atoms with Gasteiger partial charge in [-0.1, -0.05) is 0 Å². The third-order valence-corrected chi connectivity index (χ3v) is 4.95. The fourth-order valence-corrected chi connectivity index (χ4v) is 3.61. The molecular weight excluding hydrogens is 218 g/mol. The van der Waals surface area contributed by atoms with Gasteiger partial charge in [-0.3, -0.25) is 0 Å². The maximum Gasteiger partial charge on any atom is 0.0285 e. The summed E-state index contributed by atoms with van der Waals surface area (Å²) in [6.45, 7) is 4.95. The molecule has 16 heavy (non-hydrogen) atoms. The summed E-state index contributed by atoms with van der Waals surface area (Å²) in [5, 5.41) is 3.62. The highest BCUT2D eigenvalue weighted by atomic mass is 32.2. The number of likely N-dealkylation sites (tertiary alicyclic amines) is 1. The second-order valence-corrected chi connectivity index (χ2v) is 6.35. The Morgan fingerprint density at radius 3 is 2.75 bits per heavy atom. The van der Waals surface area contributed by atoms with Crippen molar-refractivity contribution in [1.82, 2.24) is 15.1 Å². The van der Waals surface area contributed by atoms with Gasteiger partial charge in [0.2, 0.25) is 0 Å². The van der Waals surface area contributed by atoms with Crippen LogP contribution in [-0.2, 0) is 0 Å². The van der Waals surface area contributed by atoms with Crippen molar-refractivity contribution in [3.05, 3.63) is 0 Å². The predicted octanol–water partition coefficient (Wildman–Crippen LogP) is 0.717. The molecule has 2 fully saturated rings. The molecule has 0 aromatic carbocycles. The van der Waals surface area contributed by atoms with Crippen LogP contribution in [0.3, 0.4) is 0 Å². The first-order valence-electron chi connectivity index (χ1n) is 6.45. The third-order valence-electron chi connectivity index (χ3n) is 3.82. The van der Waals surface area contributed by atoms with Crippen LogP contribution < -0.4 is 5.32 Å². The van der Waals surface area contributed by atoms with Crippen LogP contribution >= 0.6 is 11.8 Å². The van der Waals surface area contributed by atoms with Crippen molar-refractivity contribution < 1.29 is 0 Å². The lowest BCUT2D eigenvalue weighted by Crippen LogP contribution is -2.49. The van der Waals surface area contributed by atoms with E-state index in [4.69, 9.17) is 0 Å². The quantitative estimate of drug-likeness (QED) is 0.787. The molecule has 0 radical (unpaired) electrons. The molecule has 0 amide bonds. The molecule has 0 saturated carbocycles. The van der Waals surface area contributed by atoms with E-state index in [0.29, 0.717) is 6.04 Å². The maximum absolute atomic E-state index is 3.62. The van der Waals surface area contributed by atoms with E-state index in [-0.39, 0.29) is 0 Å². The molecule has 0 spiro atoms. The summed E-state index contributed by atoms with van der Waals surface area (Å²) in [6, 6.07) is 1.52. The third kappa shape index (κ3) is 3.62. The molecule has 2 aliphatic rings. The van der Waals surface area contributed by atoms with Gasteiger partial charge in [0.25, 0.3) is 0 Å². The predicted molar refractivity (Wildman–Crippen MR) is 72.3 cm³/mol. The molecule has 94 valence electrons. The lowest BCUT2D eigenvalue weighted by Gasteiger charge is -2.37. The number of likely N-dealkylation sites (N-methyl/N-ethyl adjacent to an activating group) is 1. The summed E-state index contributed by atoms with van der Waals surface area (Å²) in [4.78, 5) is 5.02. The fraction of sp³-hybridized carbons (Fsp3) is 1.00. The summed E-state index contributed by atoms with van der Waals surface area (Å²) >= 11 is 2.09. The lowest BCUT2D eigenvalue weighted by molar-refractivity contribution is 0.137. The molecule has 3 nitrogen and oxygen atoms in total. The number of thioether (sulfide) groups is 1. The van der Waals surface area contributed by atoms with Crippen molar-refractivity contribution in [3.63, 3.8) is 0 Å². The number of piperidine rings is 1. The molecule has 2 heterocycles. The van der Waals surface area contributed by atoms with Crippen molar-refractivity contribution >= 4 is 11.8 Å². The summed E-state index contributed by atoms with van der Waals surface area (Å²) in [6.07, 6.45) is 2.68. The van der Waals surface area contributed by atoms with E-state index < -0.39 is 0 Å². The Balaban J connectivity index is 1.72. The first-order valence-corrected chi connectivity index (χ1v) is 7.61. The molecule has 2 saturated heterocycles. The van der Waals surface area contributed by atoms with Crippen molar-refractivity contribution in [1.29, 1.82) is 0 Å². The molecule has 1 unspecified atom stereocenters. The van der Waals surface area contributed by atoms with Crippen LogP contribution in [0, 0.1) is 0 Å². The van der Waals surface area contributed by atoms with Crippen molar-refractivity contribution in [2.24, 2.45) is 0 Å². The van der Waals surface area contributed by atoms with Crippen LogP contribution in [0.1, 0.15) is 12.8 Å². The zero-order valence-corrected chi connectivity index (χ0v) is 11.4. The average molecular weight is 243 g/mol. The second kappa shape index (κ2) is 6.24. The first kappa shape index (κ1) is 12.7. The molecule has 0 aromatic heterocycles. The van der Waals surface area contributed by atoms with E-state index in [9.17, 15) is 0 Å². The van der Waals surface area contributed by atoms with Crippen molar-refractivity contribution in [2.75, 3.05) is 51.8 Å². The highest BCUT2D eigenvalue weighted by Crippen LogP contribution is 2.16. The van der Waals surface area contributed by atoms with E-state index in [1.165, 1.54) is 50.5 Å². The smallest absolute Gasteiger partial charge is 0.0285 e. The Labute approximate surface area is 104 Å². The Hall–Kier alpha value is 0.230. The molecule has 1 N–H and O–H groups in total. The molecule has 4 heteroatoms. The van der Waals surface area contributed by atoms with Crippen LogP contribution in [0.25, 0.3) is 0 Å². The minimum atomic E-state index is 0.711. The Kier molecular flexibility index (Phi) is 4.95. The van der Waals surface area contributed by atoms with Gasteiger partial charge >= 0.3 is 0 Å². The monoisotopic (exact) mass is 243 g/mol. The van der Waals surface area contributed by atoms with Crippen molar-refractivity contribution in [2.45, 2.75) is 24.9 Å². The summed E-state index contributed by atoms with van der Waals surface area (Å²) in [5.41, 5.74) is 0. The molecule has 0 aromatic rings. The van der Waals surface area contributed by atoms with Gasteiger partial charge < -0.3 is 15.1 Å². The number of nitrogens with zero attached hydrogens (tertiary/aromatic N) is 2. The summed E-state index contributed by atoms with van der Waals surface area (Å²) in [5.74, 6) is 2.57. The van der Waals surface area contributed by atoms with Gasteiger partial charge in [-0.05, 0) is 40.0 Å². The van der Waals surface area contributed by atoms with Crippen LogP contribution in [0.15, 0.2) is 0 Å². The molecule has 2 aliphatic heterocycles. The van der Waals surface area contributed by atoms with Gasteiger partial charge in [-0.15, -0.1) is 0 Å². The zero-order valence-electron chi connectivity index (χ0n) is 10.6. The Bertz CT molecular complexity index is 198. The van der Waals surface area contributed by atoms with E-state index in [0.717, 1.165) is 6.04 Å². The van der Waals surface area contributed by atoms with Gasteiger partial charge in [0, 0.05) is 36.7 Å². The molecule has 2 rings (SSSR count). The number of nitrogens with one attached hydrogen (secondary N) is 1. The first-order chi connectivity index (χ1) is 7.75. The van der Waals surface area contributed by atoms with E-state index >= 15 is 0 Å². The minimum absolute atomic E-state index is 0.711. The fourth-order valence-electron chi connectivity index (χ4n) is 2.67.